The summed E-state index contributed by atoms with van der Waals surface area (Å²) in [5.74, 6) is 0. The lowest BCUT2D eigenvalue weighted by Gasteiger charge is -2.22. The van der Waals surface area contributed by atoms with E-state index in [1.807, 2.05) is 0 Å². The van der Waals surface area contributed by atoms with E-state index in [9.17, 15) is 0 Å². The van der Waals surface area contributed by atoms with Gasteiger partial charge in [0.05, 0.1) is 6.61 Å². The van der Waals surface area contributed by atoms with Gasteiger partial charge in [-0.2, -0.15) is 11.8 Å². The van der Waals surface area contributed by atoms with Crippen molar-refractivity contribution < 1.29 is 5.11 Å². The van der Waals surface area contributed by atoms with E-state index in [-0.39, 0.29) is 17.9 Å². The lowest BCUT2D eigenvalue weighted by atomic mass is 10.2. The van der Waals surface area contributed by atoms with Gasteiger partial charge in [0.1, 0.15) is 0 Å². The number of rotatable bonds is 6. The number of aliphatic hydroxyl groups excluding tert-OH is 1. The Morgan fingerprint density at radius 2 is 1.92 bits per heavy atom. The topological polar surface area (TPSA) is 46.2 Å². The van der Waals surface area contributed by atoms with Crippen molar-refractivity contribution in [1.29, 1.82) is 0 Å². The number of thioether (sulfide) groups is 1. The van der Waals surface area contributed by atoms with E-state index in [0.29, 0.717) is 5.25 Å². The molecule has 0 heterocycles. The molecule has 0 spiro atoms. The molecule has 0 aliphatic carbocycles. The first-order chi connectivity index (χ1) is 5.65. The monoisotopic (exact) mass is 191 g/mol. The van der Waals surface area contributed by atoms with Gasteiger partial charge >= 0.3 is 0 Å². The number of hydrogen-bond acceptors (Lipinski definition) is 3. The highest BCUT2D eigenvalue weighted by molar-refractivity contribution is 8.00. The molecule has 0 bridgehead atoms. The summed E-state index contributed by atoms with van der Waals surface area (Å²) < 4.78 is 0. The molecule has 12 heavy (non-hydrogen) atoms. The second-order valence-corrected chi connectivity index (χ2v) is 4.83. The average Bonchev–Trinajstić information content (AvgIpc) is 2.12. The standard InChI is InChI=1S/C9H21NOS/c1-4-7(3)12-9(6-11)8(10)5-2/h7-9,11H,4-6,10H2,1-3H3. The first kappa shape index (κ1) is 12.3. The maximum absolute atomic E-state index is 9.07. The molecule has 0 rings (SSSR count). The summed E-state index contributed by atoms with van der Waals surface area (Å²) >= 11 is 1.80. The minimum Gasteiger partial charge on any atom is -0.395 e. The highest BCUT2D eigenvalue weighted by Crippen LogP contribution is 2.22. The van der Waals surface area contributed by atoms with Crippen molar-refractivity contribution in [2.45, 2.75) is 50.2 Å². The van der Waals surface area contributed by atoms with Gasteiger partial charge in [0.2, 0.25) is 0 Å². The Labute approximate surface area is 79.9 Å². The van der Waals surface area contributed by atoms with E-state index in [0.717, 1.165) is 12.8 Å². The summed E-state index contributed by atoms with van der Waals surface area (Å²) in [6, 6.07) is 0.133. The van der Waals surface area contributed by atoms with Crippen molar-refractivity contribution in [3.05, 3.63) is 0 Å². The molecule has 0 saturated carbocycles. The normalized spacial score (nSPS) is 18.8. The maximum Gasteiger partial charge on any atom is 0.0565 e. The summed E-state index contributed by atoms with van der Waals surface area (Å²) in [7, 11) is 0. The SMILES string of the molecule is CCC(C)SC(CO)C(N)CC. The van der Waals surface area contributed by atoms with Crippen LogP contribution in [0.5, 0.6) is 0 Å². The molecule has 0 radical (unpaired) electrons. The van der Waals surface area contributed by atoms with E-state index in [2.05, 4.69) is 20.8 Å². The lowest BCUT2D eigenvalue weighted by molar-refractivity contribution is 0.280. The van der Waals surface area contributed by atoms with Crippen LogP contribution in [0.1, 0.15) is 33.6 Å². The molecule has 3 atom stereocenters. The van der Waals surface area contributed by atoms with Crippen molar-refractivity contribution in [2.24, 2.45) is 5.73 Å². The summed E-state index contributed by atoms with van der Waals surface area (Å²) in [4.78, 5) is 0. The van der Waals surface area contributed by atoms with Crippen LogP contribution >= 0.6 is 11.8 Å². The highest BCUT2D eigenvalue weighted by atomic mass is 32.2. The van der Waals surface area contributed by atoms with Gasteiger partial charge in [0.15, 0.2) is 0 Å². The third-order valence-corrected chi connectivity index (χ3v) is 3.76. The van der Waals surface area contributed by atoms with Crippen LogP contribution < -0.4 is 5.73 Å². The molecule has 74 valence electrons. The quantitative estimate of drug-likeness (QED) is 0.670. The number of nitrogens with two attached hydrogens (primary N) is 1. The van der Waals surface area contributed by atoms with Gasteiger partial charge in [-0.1, -0.05) is 20.8 Å². The second-order valence-electron chi connectivity index (χ2n) is 3.15. The number of aliphatic hydroxyl groups is 1. The van der Waals surface area contributed by atoms with Crippen LogP contribution in [0.15, 0.2) is 0 Å². The van der Waals surface area contributed by atoms with E-state index >= 15 is 0 Å². The van der Waals surface area contributed by atoms with Crippen molar-refractivity contribution in [3.8, 4) is 0 Å². The molecular weight excluding hydrogens is 170 g/mol. The lowest BCUT2D eigenvalue weighted by Crippen LogP contribution is -2.35. The minimum absolute atomic E-state index is 0.133. The average molecular weight is 191 g/mol. The van der Waals surface area contributed by atoms with Gasteiger partial charge in [-0.3, -0.25) is 0 Å². The van der Waals surface area contributed by atoms with Crippen LogP contribution in [0.3, 0.4) is 0 Å². The second kappa shape index (κ2) is 6.75. The molecule has 0 aromatic rings. The highest BCUT2D eigenvalue weighted by Gasteiger charge is 2.17. The fraction of sp³-hybridized carbons (Fsp3) is 1.00. The largest absolute Gasteiger partial charge is 0.395 e. The van der Waals surface area contributed by atoms with E-state index < -0.39 is 0 Å². The smallest absolute Gasteiger partial charge is 0.0565 e. The Hall–Kier alpha value is 0.270. The van der Waals surface area contributed by atoms with E-state index in [1.54, 1.807) is 11.8 Å². The Kier molecular flexibility index (Phi) is 6.90. The van der Waals surface area contributed by atoms with Crippen LogP contribution in [-0.2, 0) is 0 Å². The van der Waals surface area contributed by atoms with Gasteiger partial charge in [-0.25, -0.2) is 0 Å². The molecule has 3 unspecified atom stereocenters. The van der Waals surface area contributed by atoms with Crippen molar-refractivity contribution in [3.63, 3.8) is 0 Å². The molecule has 3 heteroatoms. The molecule has 0 aliphatic rings. The predicted molar refractivity (Wildman–Crippen MR) is 56.5 cm³/mol. The molecule has 0 fully saturated rings. The van der Waals surface area contributed by atoms with Crippen molar-refractivity contribution >= 4 is 11.8 Å². The zero-order valence-electron chi connectivity index (χ0n) is 8.29. The van der Waals surface area contributed by atoms with Crippen LogP contribution in [0, 0.1) is 0 Å². The Balaban J connectivity index is 3.81. The predicted octanol–water partition coefficient (Wildman–Crippen LogP) is 1.62. The van der Waals surface area contributed by atoms with Crippen molar-refractivity contribution in [1.82, 2.24) is 0 Å². The molecule has 0 aromatic carbocycles. The molecular formula is C9H21NOS. The molecule has 2 nitrogen and oxygen atoms in total. The molecule has 0 amide bonds. The summed E-state index contributed by atoms with van der Waals surface area (Å²) in [5, 5.41) is 9.88. The van der Waals surface area contributed by atoms with Crippen LogP contribution in [0.25, 0.3) is 0 Å². The zero-order valence-corrected chi connectivity index (χ0v) is 9.10. The van der Waals surface area contributed by atoms with Gasteiger partial charge in [0, 0.05) is 16.5 Å². The van der Waals surface area contributed by atoms with Gasteiger partial charge in [-0.15, -0.1) is 0 Å². The Bertz CT molecular complexity index is 111. The summed E-state index contributed by atoms with van der Waals surface area (Å²) in [6.07, 6.45) is 2.08. The van der Waals surface area contributed by atoms with Gasteiger partial charge in [0.25, 0.3) is 0 Å². The van der Waals surface area contributed by atoms with Crippen LogP contribution in [-0.4, -0.2) is 28.3 Å². The Morgan fingerprint density at radius 1 is 1.33 bits per heavy atom. The Morgan fingerprint density at radius 3 is 2.25 bits per heavy atom. The van der Waals surface area contributed by atoms with Crippen LogP contribution in [0.2, 0.25) is 0 Å². The first-order valence-electron chi connectivity index (χ1n) is 4.67. The van der Waals surface area contributed by atoms with Gasteiger partial charge < -0.3 is 10.8 Å². The molecule has 0 aliphatic heterocycles. The van der Waals surface area contributed by atoms with E-state index in [1.165, 1.54) is 0 Å². The molecule has 0 saturated heterocycles. The van der Waals surface area contributed by atoms with Crippen molar-refractivity contribution in [2.75, 3.05) is 6.61 Å². The minimum atomic E-state index is 0.133. The third kappa shape index (κ3) is 4.33. The van der Waals surface area contributed by atoms with Crippen LogP contribution in [0.4, 0.5) is 0 Å². The fourth-order valence-corrected chi connectivity index (χ4v) is 2.21. The maximum atomic E-state index is 9.07. The summed E-state index contributed by atoms with van der Waals surface area (Å²) in [5.41, 5.74) is 5.85. The van der Waals surface area contributed by atoms with E-state index in [4.69, 9.17) is 10.8 Å². The summed E-state index contributed by atoms with van der Waals surface area (Å²) in [6.45, 7) is 6.59. The third-order valence-electron chi connectivity index (χ3n) is 2.11. The fourth-order valence-electron chi connectivity index (χ4n) is 0.937. The molecule has 3 N–H and O–H groups in total. The first-order valence-corrected chi connectivity index (χ1v) is 5.61. The number of hydrogen-bond donors (Lipinski definition) is 2. The van der Waals surface area contributed by atoms with Gasteiger partial charge in [-0.05, 0) is 12.8 Å². The zero-order chi connectivity index (χ0) is 9.56. The molecule has 0 aromatic heterocycles.